The zero-order chi connectivity index (χ0) is 16.4. The number of nitrogens with one attached hydrogen (secondary N) is 3. The number of nitrogens with zero attached hydrogens (tertiary/aromatic N) is 1. The number of rotatable bonds is 3. The van der Waals surface area contributed by atoms with Gasteiger partial charge in [0.15, 0.2) is 5.13 Å². The Labute approximate surface area is 138 Å². The number of anilines is 2. The van der Waals surface area contributed by atoms with Gasteiger partial charge in [-0.05, 0) is 44.5 Å². The highest BCUT2D eigenvalue weighted by Crippen LogP contribution is 2.29. The molecular formula is C16H20N4O2S. The highest BCUT2D eigenvalue weighted by molar-refractivity contribution is 7.22. The second-order valence-corrected chi connectivity index (χ2v) is 6.98. The second-order valence-electron chi connectivity index (χ2n) is 5.95. The van der Waals surface area contributed by atoms with Crippen molar-refractivity contribution in [2.75, 3.05) is 17.2 Å². The van der Waals surface area contributed by atoms with Crippen LogP contribution in [0.25, 0.3) is 10.2 Å². The number of carbonyl (C=O) groups is 2. The minimum Gasteiger partial charge on any atom is -0.326 e. The Kier molecular flexibility index (Phi) is 4.58. The Balaban J connectivity index is 1.72. The normalized spacial score (nSPS) is 21.1. The molecule has 1 aromatic heterocycles. The van der Waals surface area contributed by atoms with Gasteiger partial charge in [-0.25, -0.2) is 4.98 Å². The van der Waals surface area contributed by atoms with Crippen LogP contribution < -0.4 is 16.0 Å². The molecule has 2 atom stereocenters. The van der Waals surface area contributed by atoms with Crippen molar-refractivity contribution in [3.8, 4) is 0 Å². The number of hydrogen-bond acceptors (Lipinski definition) is 5. The van der Waals surface area contributed by atoms with Gasteiger partial charge in [0.2, 0.25) is 11.8 Å². The van der Waals surface area contributed by atoms with Crippen LogP contribution in [0.1, 0.15) is 26.7 Å². The maximum atomic E-state index is 12.4. The van der Waals surface area contributed by atoms with Crippen LogP contribution in [0.15, 0.2) is 18.2 Å². The molecule has 0 bridgehead atoms. The Morgan fingerprint density at radius 3 is 2.91 bits per heavy atom. The molecule has 2 heterocycles. The van der Waals surface area contributed by atoms with Gasteiger partial charge in [0, 0.05) is 24.6 Å². The molecule has 3 N–H and O–H groups in total. The molecule has 3 rings (SSSR count). The van der Waals surface area contributed by atoms with Crippen molar-refractivity contribution >= 4 is 44.2 Å². The predicted octanol–water partition coefficient (Wildman–Crippen LogP) is 2.58. The average molecular weight is 332 g/mol. The lowest BCUT2D eigenvalue weighted by Gasteiger charge is -2.26. The first kappa shape index (κ1) is 15.9. The second kappa shape index (κ2) is 6.64. The van der Waals surface area contributed by atoms with E-state index in [1.807, 2.05) is 18.2 Å². The maximum Gasteiger partial charge on any atom is 0.229 e. The van der Waals surface area contributed by atoms with Crippen molar-refractivity contribution in [2.24, 2.45) is 5.92 Å². The van der Waals surface area contributed by atoms with Gasteiger partial charge in [-0.3, -0.25) is 9.59 Å². The molecule has 1 saturated heterocycles. The minimum absolute atomic E-state index is 0.0354. The van der Waals surface area contributed by atoms with Gasteiger partial charge >= 0.3 is 0 Å². The largest absolute Gasteiger partial charge is 0.326 e. The number of piperidine rings is 1. The van der Waals surface area contributed by atoms with Gasteiger partial charge in [-0.1, -0.05) is 11.3 Å². The first-order valence-electron chi connectivity index (χ1n) is 7.73. The van der Waals surface area contributed by atoms with Crippen molar-refractivity contribution in [1.82, 2.24) is 10.3 Å². The molecule has 1 aromatic carbocycles. The zero-order valence-electron chi connectivity index (χ0n) is 13.2. The predicted molar refractivity (Wildman–Crippen MR) is 92.7 cm³/mol. The van der Waals surface area contributed by atoms with E-state index in [-0.39, 0.29) is 17.7 Å². The maximum absolute atomic E-state index is 12.4. The molecule has 1 aliphatic heterocycles. The molecule has 2 aromatic rings. The van der Waals surface area contributed by atoms with Gasteiger partial charge in [0.1, 0.15) is 0 Å². The number of thiazole rings is 1. The van der Waals surface area contributed by atoms with E-state index in [1.54, 1.807) is 0 Å². The summed E-state index contributed by atoms with van der Waals surface area (Å²) in [6.07, 6.45) is 1.71. The molecule has 7 heteroatoms. The third-order valence-electron chi connectivity index (χ3n) is 3.93. The number of benzene rings is 1. The average Bonchev–Trinajstić information content (AvgIpc) is 2.88. The van der Waals surface area contributed by atoms with Gasteiger partial charge in [0.25, 0.3) is 0 Å². The summed E-state index contributed by atoms with van der Waals surface area (Å²) in [6.45, 7) is 4.45. The topological polar surface area (TPSA) is 83.1 Å². The van der Waals surface area contributed by atoms with Crippen LogP contribution in [0.3, 0.4) is 0 Å². The van der Waals surface area contributed by atoms with Crippen LogP contribution in [0, 0.1) is 5.92 Å². The van der Waals surface area contributed by atoms with Gasteiger partial charge in [-0.2, -0.15) is 0 Å². The van der Waals surface area contributed by atoms with E-state index in [0.717, 1.165) is 35.3 Å². The van der Waals surface area contributed by atoms with Gasteiger partial charge < -0.3 is 16.0 Å². The first-order valence-corrected chi connectivity index (χ1v) is 8.55. The van der Waals surface area contributed by atoms with Crippen molar-refractivity contribution < 1.29 is 9.59 Å². The van der Waals surface area contributed by atoms with Crippen molar-refractivity contribution in [1.29, 1.82) is 0 Å². The van der Waals surface area contributed by atoms with E-state index in [0.29, 0.717) is 11.2 Å². The molecule has 0 saturated carbocycles. The SMILES string of the molecule is CC(=O)Nc1ccc2nc(NC(=O)[C@H]3CCN[C@@H](C)C3)sc2c1. The van der Waals surface area contributed by atoms with E-state index in [9.17, 15) is 9.59 Å². The lowest BCUT2D eigenvalue weighted by Crippen LogP contribution is -2.40. The summed E-state index contributed by atoms with van der Waals surface area (Å²) in [7, 11) is 0. The van der Waals surface area contributed by atoms with E-state index >= 15 is 0 Å². The fraction of sp³-hybridized carbons (Fsp3) is 0.438. The lowest BCUT2D eigenvalue weighted by molar-refractivity contribution is -0.121. The lowest BCUT2D eigenvalue weighted by atomic mass is 9.93. The van der Waals surface area contributed by atoms with Crippen LogP contribution in [-0.4, -0.2) is 29.4 Å². The molecule has 1 fully saturated rings. The fourth-order valence-electron chi connectivity index (χ4n) is 2.84. The number of amides is 2. The molecule has 0 aliphatic carbocycles. The van der Waals surface area contributed by atoms with E-state index in [1.165, 1.54) is 18.3 Å². The molecule has 2 amide bonds. The Bertz CT molecular complexity index is 743. The molecular weight excluding hydrogens is 312 g/mol. The fourth-order valence-corrected chi connectivity index (χ4v) is 3.74. The summed E-state index contributed by atoms with van der Waals surface area (Å²) in [5, 5.41) is 9.64. The van der Waals surface area contributed by atoms with Crippen LogP contribution in [0.5, 0.6) is 0 Å². The van der Waals surface area contributed by atoms with Crippen molar-refractivity contribution in [3.05, 3.63) is 18.2 Å². The van der Waals surface area contributed by atoms with Crippen molar-refractivity contribution in [2.45, 2.75) is 32.7 Å². The quantitative estimate of drug-likeness (QED) is 0.807. The molecule has 1 aliphatic rings. The highest BCUT2D eigenvalue weighted by Gasteiger charge is 2.25. The summed E-state index contributed by atoms with van der Waals surface area (Å²) in [5.74, 6) is -0.0323. The smallest absolute Gasteiger partial charge is 0.229 e. The molecule has 23 heavy (non-hydrogen) atoms. The highest BCUT2D eigenvalue weighted by atomic mass is 32.1. The molecule has 6 nitrogen and oxygen atoms in total. The standard InChI is InChI=1S/C16H20N4O2S/c1-9-7-11(5-6-17-9)15(22)20-16-19-13-4-3-12(18-10(2)21)8-14(13)23-16/h3-4,8-9,11,17H,5-7H2,1-2H3,(H,18,21)(H,19,20,22)/t9-,11-/m0/s1. The number of fused-ring (bicyclic) bond motifs is 1. The van der Waals surface area contributed by atoms with Crippen LogP contribution >= 0.6 is 11.3 Å². The Morgan fingerprint density at radius 2 is 2.17 bits per heavy atom. The summed E-state index contributed by atoms with van der Waals surface area (Å²) < 4.78 is 0.935. The van der Waals surface area contributed by atoms with E-state index < -0.39 is 0 Å². The van der Waals surface area contributed by atoms with E-state index in [2.05, 4.69) is 27.9 Å². The molecule has 0 radical (unpaired) electrons. The summed E-state index contributed by atoms with van der Waals surface area (Å²) >= 11 is 1.42. The number of carbonyl (C=O) groups excluding carboxylic acids is 2. The zero-order valence-corrected chi connectivity index (χ0v) is 14.0. The molecule has 0 spiro atoms. The van der Waals surface area contributed by atoms with Crippen LogP contribution in [-0.2, 0) is 9.59 Å². The van der Waals surface area contributed by atoms with Gasteiger partial charge in [-0.15, -0.1) is 0 Å². The third-order valence-corrected chi connectivity index (χ3v) is 4.87. The van der Waals surface area contributed by atoms with Gasteiger partial charge in [0.05, 0.1) is 10.2 Å². The molecule has 122 valence electrons. The summed E-state index contributed by atoms with van der Waals surface area (Å²) in [4.78, 5) is 27.9. The minimum atomic E-state index is -0.109. The third kappa shape index (κ3) is 3.86. The number of aromatic nitrogens is 1. The Hall–Kier alpha value is -1.99. The number of hydrogen-bond donors (Lipinski definition) is 3. The van der Waals surface area contributed by atoms with E-state index in [4.69, 9.17) is 0 Å². The monoisotopic (exact) mass is 332 g/mol. The van der Waals surface area contributed by atoms with Crippen LogP contribution in [0.4, 0.5) is 10.8 Å². The Morgan fingerprint density at radius 1 is 1.35 bits per heavy atom. The summed E-state index contributed by atoms with van der Waals surface area (Å²) in [5.41, 5.74) is 1.55. The van der Waals surface area contributed by atoms with Crippen molar-refractivity contribution in [3.63, 3.8) is 0 Å². The first-order chi connectivity index (χ1) is 11.0. The molecule has 0 unspecified atom stereocenters. The van der Waals surface area contributed by atoms with Crippen LogP contribution in [0.2, 0.25) is 0 Å². The summed E-state index contributed by atoms with van der Waals surface area (Å²) in [6, 6.07) is 5.90.